The van der Waals surface area contributed by atoms with Crippen LogP contribution in [-0.4, -0.2) is 17.3 Å². The highest BCUT2D eigenvalue weighted by Gasteiger charge is 2.08. The Morgan fingerprint density at radius 3 is 2.63 bits per heavy atom. The molecule has 0 heterocycles. The van der Waals surface area contributed by atoms with Gasteiger partial charge in [0, 0.05) is 21.4 Å². The van der Waals surface area contributed by atoms with E-state index in [2.05, 4.69) is 44.1 Å². The van der Waals surface area contributed by atoms with Crippen LogP contribution in [0.1, 0.15) is 23.7 Å². The smallest absolute Gasteiger partial charge is 0.251 e. The summed E-state index contributed by atoms with van der Waals surface area (Å²) in [5.74, 6) is -0.0253. The molecule has 0 bridgehead atoms. The van der Waals surface area contributed by atoms with E-state index >= 15 is 0 Å². The van der Waals surface area contributed by atoms with Crippen LogP contribution >= 0.6 is 31.9 Å². The standard InChI is InChI=1S/C15H15Br2NO/c1-2-13(16)9-18-15(19)12-4-3-11-8-14(17)6-5-10(11)7-12/h3-8,13H,2,9H2,1H3,(H,18,19). The molecule has 19 heavy (non-hydrogen) atoms. The fourth-order valence-corrected chi connectivity index (χ4v) is 2.35. The summed E-state index contributed by atoms with van der Waals surface area (Å²) in [6.45, 7) is 2.73. The van der Waals surface area contributed by atoms with Gasteiger partial charge in [-0.25, -0.2) is 0 Å². The second-order valence-corrected chi connectivity index (χ2v) is 6.63. The average Bonchev–Trinajstić information content (AvgIpc) is 2.43. The summed E-state index contributed by atoms with van der Waals surface area (Å²) in [5, 5.41) is 5.12. The van der Waals surface area contributed by atoms with Gasteiger partial charge in [-0.3, -0.25) is 4.79 Å². The van der Waals surface area contributed by atoms with Crippen LogP contribution in [0.3, 0.4) is 0 Å². The molecule has 2 rings (SSSR count). The largest absolute Gasteiger partial charge is 0.351 e. The molecule has 1 amide bonds. The molecule has 2 aromatic rings. The van der Waals surface area contributed by atoms with E-state index < -0.39 is 0 Å². The van der Waals surface area contributed by atoms with Crippen molar-refractivity contribution in [2.75, 3.05) is 6.54 Å². The van der Waals surface area contributed by atoms with E-state index in [1.165, 1.54) is 0 Å². The number of benzene rings is 2. The molecule has 0 aromatic heterocycles. The summed E-state index contributed by atoms with van der Waals surface area (Å²) in [6.07, 6.45) is 0.992. The number of amides is 1. The van der Waals surface area contributed by atoms with Crippen molar-refractivity contribution in [1.29, 1.82) is 0 Å². The molecule has 1 N–H and O–H groups in total. The van der Waals surface area contributed by atoms with Crippen molar-refractivity contribution in [2.45, 2.75) is 18.2 Å². The zero-order chi connectivity index (χ0) is 13.8. The van der Waals surface area contributed by atoms with Crippen molar-refractivity contribution in [3.63, 3.8) is 0 Å². The van der Waals surface area contributed by atoms with E-state index in [-0.39, 0.29) is 5.91 Å². The Balaban J connectivity index is 2.16. The van der Waals surface area contributed by atoms with Crippen LogP contribution in [0.25, 0.3) is 10.8 Å². The highest BCUT2D eigenvalue weighted by atomic mass is 79.9. The summed E-state index contributed by atoms with van der Waals surface area (Å²) < 4.78 is 1.04. The lowest BCUT2D eigenvalue weighted by Gasteiger charge is -2.09. The molecule has 100 valence electrons. The molecule has 0 aliphatic heterocycles. The molecule has 1 unspecified atom stereocenters. The van der Waals surface area contributed by atoms with E-state index in [9.17, 15) is 4.79 Å². The fraction of sp³-hybridized carbons (Fsp3) is 0.267. The minimum absolute atomic E-state index is 0.0253. The molecule has 2 nitrogen and oxygen atoms in total. The highest BCUT2D eigenvalue weighted by molar-refractivity contribution is 9.10. The first-order valence-electron chi connectivity index (χ1n) is 6.21. The molecule has 0 saturated carbocycles. The highest BCUT2D eigenvalue weighted by Crippen LogP contribution is 2.21. The Morgan fingerprint density at radius 1 is 1.21 bits per heavy atom. The first-order chi connectivity index (χ1) is 9.10. The second kappa shape index (κ2) is 6.53. The lowest BCUT2D eigenvalue weighted by molar-refractivity contribution is 0.0954. The van der Waals surface area contributed by atoms with Gasteiger partial charge in [-0.15, -0.1) is 0 Å². The van der Waals surface area contributed by atoms with E-state index in [1.54, 1.807) is 0 Å². The van der Waals surface area contributed by atoms with Gasteiger partial charge in [-0.2, -0.15) is 0 Å². The van der Waals surface area contributed by atoms with Crippen LogP contribution < -0.4 is 5.32 Å². The molecule has 0 aliphatic rings. The van der Waals surface area contributed by atoms with E-state index in [0.717, 1.165) is 21.7 Å². The van der Waals surface area contributed by atoms with Gasteiger partial charge in [0.15, 0.2) is 0 Å². The normalized spacial score (nSPS) is 12.4. The van der Waals surface area contributed by atoms with E-state index in [1.807, 2.05) is 36.4 Å². The third-order valence-corrected chi connectivity index (χ3v) is 4.46. The van der Waals surface area contributed by atoms with Crippen molar-refractivity contribution in [2.24, 2.45) is 0 Å². The summed E-state index contributed by atoms with van der Waals surface area (Å²) in [5.41, 5.74) is 0.700. The van der Waals surface area contributed by atoms with Gasteiger partial charge in [0.25, 0.3) is 5.91 Å². The third kappa shape index (κ3) is 3.80. The van der Waals surface area contributed by atoms with Gasteiger partial charge in [-0.05, 0) is 41.5 Å². The maximum absolute atomic E-state index is 12.0. The summed E-state index contributed by atoms with van der Waals surface area (Å²) >= 11 is 6.95. The average molecular weight is 385 g/mol. The maximum Gasteiger partial charge on any atom is 0.251 e. The van der Waals surface area contributed by atoms with Crippen LogP contribution in [-0.2, 0) is 0 Å². The molecular weight excluding hydrogens is 370 g/mol. The van der Waals surface area contributed by atoms with Crippen LogP contribution in [0.15, 0.2) is 40.9 Å². The number of alkyl halides is 1. The predicted molar refractivity (Wildman–Crippen MR) is 87.0 cm³/mol. The molecule has 2 aromatic carbocycles. The molecular formula is C15H15Br2NO. The van der Waals surface area contributed by atoms with E-state index in [0.29, 0.717) is 16.9 Å². The molecule has 0 aliphatic carbocycles. The van der Waals surface area contributed by atoms with Gasteiger partial charge < -0.3 is 5.32 Å². The molecule has 0 radical (unpaired) electrons. The van der Waals surface area contributed by atoms with Crippen LogP contribution in [0, 0.1) is 0 Å². The van der Waals surface area contributed by atoms with Crippen LogP contribution in [0.4, 0.5) is 0 Å². The quantitative estimate of drug-likeness (QED) is 0.772. The minimum atomic E-state index is -0.0253. The lowest BCUT2D eigenvalue weighted by Crippen LogP contribution is -2.29. The number of hydrogen-bond donors (Lipinski definition) is 1. The van der Waals surface area contributed by atoms with Gasteiger partial charge in [0.2, 0.25) is 0 Å². The van der Waals surface area contributed by atoms with Gasteiger partial charge in [0.05, 0.1) is 0 Å². The number of carbonyl (C=O) groups excluding carboxylic acids is 1. The first kappa shape index (κ1) is 14.5. The van der Waals surface area contributed by atoms with E-state index in [4.69, 9.17) is 0 Å². The van der Waals surface area contributed by atoms with Crippen molar-refractivity contribution >= 4 is 48.5 Å². The number of fused-ring (bicyclic) bond motifs is 1. The SMILES string of the molecule is CCC(Br)CNC(=O)c1ccc2cc(Br)ccc2c1. The molecule has 1 atom stereocenters. The van der Waals surface area contributed by atoms with Gasteiger partial charge >= 0.3 is 0 Å². The Kier molecular flexibility index (Phi) is 4.99. The van der Waals surface area contributed by atoms with Crippen molar-refractivity contribution < 1.29 is 4.79 Å². The Labute approximate surface area is 129 Å². The number of carbonyl (C=O) groups is 1. The third-order valence-electron chi connectivity index (χ3n) is 2.99. The zero-order valence-electron chi connectivity index (χ0n) is 10.6. The number of rotatable bonds is 4. The predicted octanol–water partition coefficient (Wildman–Crippen LogP) is 4.51. The topological polar surface area (TPSA) is 29.1 Å². The Morgan fingerprint density at radius 2 is 1.89 bits per heavy atom. The number of nitrogens with one attached hydrogen (secondary N) is 1. The van der Waals surface area contributed by atoms with Crippen LogP contribution in [0.5, 0.6) is 0 Å². The Hall–Kier alpha value is -0.870. The van der Waals surface area contributed by atoms with Gasteiger partial charge in [0.1, 0.15) is 0 Å². The molecule has 0 saturated heterocycles. The maximum atomic E-state index is 12.0. The van der Waals surface area contributed by atoms with Crippen molar-refractivity contribution in [3.8, 4) is 0 Å². The molecule has 0 fully saturated rings. The number of halogens is 2. The van der Waals surface area contributed by atoms with Crippen molar-refractivity contribution in [1.82, 2.24) is 5.32 Å². The summed E-state index contributed by atoms with van der Waals surface area (Å²) in [7, 11) is 0. The molecule has 4 heteroatoms. The fourth-order valence-electron chi connectivity index (χ4n) is 1.81. The van der Waals surface area contributed by atoms with Crippen molar-refractivity contribution in [3.05, 3.63) is 46.4 Å². The van der Waals surface area contributed by atoms with Gasteiger partial charge in [-0.1, -0.05) is 50.9 Å². The monoisotopic (exact) mass is 383 g/mol. The summed E-state index contributed by atoms with van der Waals surface area (Å²) in [6, 6.07) is 11.8. The Bertz CT molecular complexity index is 598. The summed E-state index contributed by atoms with van der Waals surface area (Å²) in [4.78, 5) is 12.4. The first-order valence-corrected chi connectivity index (χ1v) is 7.92. The van der Waals surface area contributed by atoms with Crippen LogP contribution in [0.2, 0.25) is 0 Å². The second-order valence-electron chi connectivity index (χ2n) is 4.42. The zero-order valence-corrected chi connectivity index (χ0v) is 13.8. The minimum Gasteiger partial charge on any atom is -0.351 e. The molecule has 0 spiro atoms. The lowest BCUT2D eigenvalue weighted by atomic mass is 10.1. The number of hydrogen-bond acceptors (Lipinski definition) is 1.